The second-order valence-electron chi connectivity index (χ2n) is 11.3. The molecule has 11 heteroatoms. The summed E-state index contributed by atoms with van der Waals surface area (Å²) in [6.07, 6.45) is -0.185. The van der Waals surface area contributed by atoms with Gasteiger partial charge in [0.1, 0.15) is 16.7 Å². The molecule has 232 valence electrons. The average Bonchev–Trinajstić information content (AvgIpc) is 3.19. The minimum atomic E-state index is -4.34. The number of fused-ring (bicyclic) bond motifs is 1. The van der Waals surface area contributed by atoms with E-state index in [1.54, 1.807) is 12.1 Å². The van der Waals surface area contributed by atoms with Gasteiger partial charge in [0.15, 0.2) is 6.73 Å². The molecule has 2 aliphatic rings. The summed E-state index contributed by atoms with van der Waals surface area (Å²) in [6, 6.07) is 28.1. The van der Waals surface area contributed by atoms with Crippen LogP contribution in [0.3, 0.4) is 0 Å². The van der Waals surface area contributed by atoms with E-state index >= 15 is 0 Å². The van der Waals surface area contributed by atoms with E-state index in [-0.39, 0.29) is 44.1 Å². The Morgan fingerprint density at radius 2 is 1.47 bits per heavy atom. The maximum atomic E-state index is 13.6. The van der Waals surface area contributed by atoms with Crippen LogP contribution in [0, 0.1) is 0 Å². The summed E-state index contributed by atoms with van der Waals surface area (Å²) < 4.78 is 39.3. The number of likely N-dealkylation sites (tertiary alicyclic amines) is 1. The molecule has 0 unspecified atom stereocenters. The van der Waals surface area contributed by atoms with Crippen LogP contribution in [0.5, 0.6) is 5.75 Å². The lowest BCUT2D eigenvalue weighted by Gasteiger charge is -2.44. The van der Waals surface area contributed by atoms with Crippen LogP contribution in [-0.2, 0) is 14.8 Å². The first-order chi connectivity index (χ1) is 21.6. The minimum Gasteiger partial charge on any atom is -0.488 e. The van der Waals surface area contributed by atoms with Crippen molar-refractivity contribution >= 4 is 45.1 Å². The highest BCUT2D eigenvalue weighted by Gasteiger charge is 2.45. The van der Waals surface area contributed by atoms with Gasteiger partial charge < -0.3 is 9.47 Å². The van der Waals surface area contributed by atoms with Gasteiger partial charge in [-0.1, -0.05) is 104 Å². The van der Waals surface area contributed by atoms with Crippen LogP contribution in [-0.4, -0.2) is 55.4 Å². The Morgan fingerprint density at radius 3 is 2.02 bits per heavy atom. The van der Waals surface area contributed by atoms with Crippen molar-refractivity contribution in [2.24, 2.45) is 0 Å². The first-order valence-electron chi connectivity index (χ1n) is 14.4. The molecule has 1 fully saturated rings. The fourth-order valence-corrected chi connectivity index (χ4v) is 7.78. The summed E-state index contributed by atoms with van der Waals surface area (Å²) in [4.78, 5) is 28.3. The number of esters is 1. The van der Waals surface area contributed by atoms with E-state index in [2.05, 4.69) is 29.2 Å². The Hall–Kier alpha value is -3.89. The Labute approximate surface area is 272 Å². The number of carbonyl (C=O) groups excluding carboxylic acids is 2. The summed E-state index contributed by atoms with van der Waals surface area (Å²) in [5.41, 5.74) is 2.81. The number of halogens is 2. The number of carbonyl (C=O) groups is 2. The number of ether oxygens (including phenoxy) is 2. The summed E-state index contributed by atoms with van der Waals surface area (Å²) in [5.74, 6) is -1.56. The molecular formula is C34H30Cl2N2O6S. The van der Waals surface area contributed by atoms with Crippen molar-refractivity contribution in [2.45, 2.75) is 36.8 Å². The molecule has 0 bridgehead atoms. The molecule has 8 nitrogen and oxygen atoms in total. The maximum Gasteiger partial charge on any atom is 0.342 e. The van der Waals surface area contributed by atoms with E-state index < -0.39 is 28.6 Å². The molecule has 0 N–H and O–H groups in total. The van der Waals surface area contributed by atoms with Gasteiger partial charge in [-0.25, -0.2) is 13.2 Å². The molecule has 0 spiro atoms. The summed E-state index contributed by atoms with van der Waals surface area (Å²) in [6.45, 7) is 4.16. The lowest BCUT2D eigenvalue weighted by Crippen LogP contribution is -2.55. The molecule has 2 aliphatic heterocycles. The Balaban J connectivity index is 1.21. The van der Waals surface area contributed by atoms with Gasteiger partial charge in [0.2, 0.25) is 0 Å². The molecule has 0 radical (unpaired) electrons. The van der Waals surface area contributed by atoms with Crippen LogP contribution < -0.4 is 4.74 Å². The molecule has 1 amide bonds. The maximum absolute atomic E-state index is 13.6. The van der Waals surface area contributed by atoms with Crippen LogP contribution in [0.4, 0.5) is 0 Å². The lowest BCUT2D eigenvalue weighted by molar-refractivity contribution is 0.000115. The second kappa shape index (κ2) is 12.5. The molecule has 45 heavy (non-hydrogen) atoms. The van der Waals surface area contributed by atoms with Crippen LogP contribution in [0.25, 0.3) is 0 Å². The van der Waals surface area contributed by atoms with Crippen molar-refractivity contribution < 1.29 is 27.5 Å². The van der Waals surface area contributed by atoms with Gasteiger partial charge in [-0.3, -0.25) is 9.69 Å². The Bertz CT molecular complexity index is 1800. The Morgan fingerprint density at radius 1 is 0.889 bits per heavy atom. The third-order valence-electron chi connectivity index (χ3n) is 7.99. The van der Waals surface area contributed by atoms with E-state index in [0.717, 1.165) is 0 Å². The van der Waals surface area contributed by atoms with E-state index in [1.165, 1.54) is 29.3 Å². The molecule has 0 saturated carbocycles. The van der Waals surface area contributed by atoms with Gasteiger partial charge in [-0.2, -0.15) is 4.31 Å². The van der Waals surface area contributed by atoms with Crippen molar-refractivity contribution in [3.8, 4) is 5.75 Å². The number of rotatable bonds is 9. The zero-order valence-electron chi connectivity index (χ0n) is 24.5. The molecule has 0 aliphatic carbocycles. The first-order valence-corrected chi connectivity index (χ1v) is 16.6. The number of benzene rings is 4. The van der Waals surface area contributed by atoms with Gasteiger partial charge in [0, 0.05) is 19.2 Å². The second-order valence-corrected chi connectivity index (χ2v) is 13.9. The molecule has 6 rings (SSSR count). The van der Waals surface area contributed by atoms with Gasteiger partial charge in [0.05, 0.1) is 27.2 Å². The molecule has 0 atom stereocenters. The fraction of sp³-hybridized carbons (Fsp3) is 0.235. The van der Waals surface area contributed by atoms with Crippen molar-refractivity contribution in [3.63, 3.8) is 0 Å². The quantitative estimate of drug-likeness (QED) is 0.179. The monoisotopic (exact) mass is 664 g/mol. The lowest BCUT2D eigenvalue weighted by atomic mass is 9.93. The molecule has 2 heterocycles. The van der Waals surface area contributed by atoms with Gasteiger partial charge in [-0.15, -0.1) is 0 Å². The van der Waals surface area contributed by atoms with E-state index in [9.17, 15) is 18.0 Å². The van der Waals surface area contributed by atoms with Gasteiger partial charge in [0.25, 0.3) is 15.9 Å². The molecule has 4 aromatic rings. The van der Waals surface area contributed by atoms with Crippen LogP contribution in [0.1, 0.15) is 63.2 Å². The zero-order chi connectivity index (χ0) is 31.9. The predicted molar refractivity (Wildman–Crippen MR) is 171 cm³/mol. The number of sulfonamides is 1. The van der Waals surface area contributed by atoms with Crippen molar-refractivity contribution in [1.82, 2.24) is 9.21 Å². The molecule has 4 aromatic carbocycles. The van der Waals surface area contributed by atoms with E-state index in [4.69, 9.17) is 32.7 Å². The normalized spacial score (nSPS) is 16.1. The highest BCUT2D eigenvalue weighted by Crippen LogP contribution is 2.40. The van der Waals surface area contributed by atoms with E-state index in [1.807, 2.05) is 50.2 Å². The molecular weight excluding hydrogens is 635 g/mol. The summed E-state index contributed by atoms with van der Waals surface area (Å²) in [7, 11) is -4.34. The van der Waals surface area contributed by atoms with Gasteiger partial charge >= 0.3 is 5.97 Å². The summed E-state index contributed by atoms with van der Waals surface area (Å²) in [5, 5.41) is 0.0902. The molecule has 0 aromatic heterocycles. The van der Waals surface area contributed by atoms with E-state index in [0.29, 0.717) is 28.7 Å². The average molecular weight is 666 g/mol. The third kappa shape index (κ3) is 5.93. The first kappa shape index (κ1) is 31.1. The minimum absolute atomic E-state index is 0.0451. The van der Waals surface area contributed by atoms with Crippen LogP contribution in [0.15, 0.2) is 95.9 Å². The van der Waals surface area contributed by atoms with Crippen LogP contribution in [0.2, 0.25) is 10.0 Å². The van der Waals surface area contributed by atoms with Crippen molar-refractivity contribution in [3.05, 3.63) is 129 Å². The fourth-order valence-electron chi connectivity index (χ4n) is 5.76. The van der Waals surface area contributed by atoms with Crippen LogP contribution >= 0.6 is 23.2 Å². The largest absolute Gasteiger partial charge is 0.488 e. The third-order valence-corrected chi connectivity index (χ3v) is 10.4. The predicted octanol–water partition coefficient (Wildman–Crippen LogP) is 6.93. The molecule has 1 saturated heterocycles. The number of hydrogen-bond donors (Lipinski definition) is 0. The highest BCUT2D eigenvalue weighted by atomic mass is 35.5. The SMILES string of the molecule is CC(C)c1cc(OC2CN(C(c3ccccc3)c3ccccc3)C2)cc2c1C(=O)N(COC(=O)c1c(Cl)cccc1Cl)S2(=O)=O. The van der Waals surface area contributed by atoms with Gasteiger partial charge in [-0.05, 0) is 40.8 Å². The summed E-state index contributed by atoms with van der Waals surface area (Å²) >= 11 is 12.2. The smallest absolute Gasteiger partial charge is 0.342 e. The highest BCUT2D eigenvalue weighted by molar-refractivity contribution is 7.90. The van der Waals surface area contributed by atoms with Crippen molar-refractivity contribution in [2.75, 3.05) is 19.8 Å². The Kier molecular flexibility index (Phi) is 8.63. The number of amides is 1. The topological polar surface area (TPSA) is 93.2 Å². The van der Waals surface area contributed by atoms with Crippen molar-refractivity contribution in [1.29, 1.82) is 0 Å². The zero-order valence-corrected chi connectivity index (χ0v) is 26.9. The standard InChI is InChI=1S/C34H30Cl2N2O6S/c1-21(2)26-16-24(44-25-18-37(19-25)32(22-10-5-3-6-11-22)23-12-7-4-8-13-23)17-29-30(26)33(39)38(45(29,41)42)20-43-34(40)31-27(35)14-9-15-28(31)36/h3-17,21,25,32H,18-20H2,1-2H3. The number of nitrogens with zero attached hydrogens (tertiary/aromatic N) is 2. The number of hydrogen-bond acceptors (Lipinski definition) is 7.